The number of carbonyl (C=O) groups excluding carboxylic acids is 2. The van der Waals surface area contributed by atoms with Crippen LogP contribution in [0.3, 0.4) is 0 Å². The van der Waals surface area contributed by atoms with Gasteiger partial charge in [0.25, 0.3) is 11.7 Å². The predicted octanol–water partition coefficient (Wildman–Crippen LogP) is 5.82. The lowest BCUT2D eigenvalue weighted by Crippen LogP contribution is -2.29. The van der Waals surface area contributed by atoms with E-state index in [1.807, 2.05) is 24.3 Å². The van der Waals surface area contributed by atoms with E-state index < -0.39 is 17.7 Å². The first-order chi connectivity index (χ1) is 16.9. The molecule has 4 rings (SSSR count). The number of para-hydroxylation sites is 1. The highest BCUT2D eigenvalue weighted by Crippen LogP contribution is 2.43. The molecule has 3 aromatic carbocycles. The van der Waals surface area contributed by atoms with Crippen LogP contribution in [0.15, 0.2) is 78.4 Å². The number of benzene rings is 3. The molecule has 180 valence electrons. The Morgan fingerprint density at radius 1 is 0.971 bits per heavy atom. The number of aliphatic hydroxyl groups excluding tert-OH is 1. The van der Waals surface area contributed by atoms with E-state index in [1.165, 1.54) is 12.0 Å². The Kier molecular flexibility index (Phi) is 7.12. The number of hydrogen-bond acceptors (Lipinski definition) is 5. The number of Topliss-reactive ketones (excluding diaryl/α,β-unsaturated/α-hetero) is 1. The minimum Gasteiger partial charge on any atom is -0.507 e. The summed E-state index contributed by atoms with van der Waals surface area (Å²) in [5, 5.41) is 11.9. The molecule has 3 aromatic rings. The molecule has 1 aliphatic rings. The standard InChI is InChI=1S/C28H27ClN2O4/c1-4-30(5-2)20-14-10-18(11-15-20)25-24(26(32)22-8-6-7-9-23(22)35-3)27(33)28(34)31(25)21-16-12-19(29)13-17-21/h6-17,25,32H,4-5H2,1-3H3/b26-24-. The van der Waals surface area contributed by atoms with Gasteiger partial charge in [-0.3, -0.25) is 14.5 Å². The summed E-state index contributed by atoms with van der Waals surface area (Å²) in [6.07, 6.45) is 0. The largest absolute Gasteiger partial charge is 0.507 e. The van der Waals surface area contributed by atoms with Gasteiger partial charge in [-0.15, -0.1) is 0 Å². The van der Waals surface area contributed by atoms with Crippen LogP contribution < -0.4 is 14.5 Å². The summed E-state index contributed by atoms with van der Waals surface area (Å²) >= 11 is 6.07. The van der Waals surface area contributed by atoms with Crippen molar-refractivity contribution in [3.05, 3.63) is 94.5 Å². The van der Waals surface area contributed by atoms with Crippen molar-refractivity contribution in [3.8, 4) is 5.75 Å². The van der Waals surface area contributed by atoms with Crippen molar-refractivity contribution in [2.24, 2.45) is 0 Å². The number of amides is 1. The Labute approximate surface area is 210 Å². The molecule has 0 saturated carbocycles. The lowest BCUT2D eigenvalue weighted by molar-refractivity contribution is -0.132. The first kappa shape index (κ1) is 24.4. The minimum atomic E-state index is -0.827. The molecule has 0 radical (unpaired) electrons. The smallest absolute Gasteiger partial charge is 0.300 e. The Hall–Kier alpha value is -3.77. The van der Waals surface area contributed by atoms with E-state index in [0.717, 1.165) is 18.8 Å². The number of methoxy groups -OCH3 is 1. The maximum atomic E-state index is 13.3. The first-order valence-corrected chi connectivity index (χ1v) is 11.8. The van der Waals surface area contributed by atoms with Crippen LogP contribution in [0, 0.1) is 0 Å². The van der Waals surface area contributed by atoms with Crippen molar-refractivity contribution in [2.45, 2.75) is 19.9 Å². The third-order valence-corrected chi connectivity index (χ3v) is 6.50. The molecule has 1 unspecified atom stereocenters. The molecule has 1 aliphatic heterocycles. The van der Waals surface area contributed by atoms with E-state index in [2.05, 4.69) is 18.7 Å². The lowest BCUT2D eigenvalue weighted by atomic mass is 9.94. The Balaban J connectivity index is 1.92. The van der Waals surface area contributed by atoms with Crippen molar-refractivity contribution in [1.82, 2.24) is 0 Å². The Morgan fingerprint density at radius 3 is 2.20 bits per heavy atom. The molecule has 0 aliphatic carbocycles. The number of aliphatic hydroxyl groups is 1. The summed E-state index contributed by atoms with van der Waals surface area (Å²) in [6.45, 7) is 5.88. The van der Waals surface area contributed by atoms with Gasteiger partial charge in [-0.1, -0.05) is 35.9 Å². The average molecular weight is 491 g/mol. The summed E-state index contributed by atoms with van der Waals surface area (Å²) in [4.78, 5) is 30.3. The number of carbonyl (C=O) groups is 2. The van der Waals surface area contributed by atoms with Crippen LogP contribution in [-0.4, -0.2) is 37.0 Å². The molecule has 0 bridgehead atoms. The molecule has 7 heteroatoms. The lowest BCUT2D eigenvalue weighted by Gasteiger charge is -2.27. The van der Waals surface area contributed by atoms with Crippen molar-refractivity contribution >= 4 is 40.4 Å². The van der Waals surface area contributed by atoms with Gasteiger partial charge in [0.2, 0.25) is 0 Å². The van der Waals surface area contributed by atoms with Crippen LogP contribution in [0.2, 0.25) is 5.02 Å². The average Bonchev–Trinajstić information content (AvgIpc) is 3.15. The Bertz CT molecular complexity index is 1260. The number of nitrogens with zero attached hydrogens (tertiary/aromatic N) is 2. The summed E-state index contributed by atoms with van der Waals surface area (Å²) in [6, 6.07) is 20.4. The quantitative estimate of drug-likeness (QED) is 0.257. The second-order valence-electron chi connectivity index (χ2n) is 8.11. The van der Waals surface area contributed by atoms with Crippen molar-refractivity contribution in [3.63, 3.8) is 0 Å². The second kappa shape index (κ2) is 10.2. The van der Waals surface area contributed by atoms with E-state index in [-0.39, 0.29) is 11.3 Å². The van der Waals surface area contributed by atoms with Gasteiger partial charge in [-0.2, -0.15) is 0 Å². The van der Waals surface area contributed by atoms with Crippen molar-refractivity contribution in [1.29, 1.82) is 0 Å². The topological polar surface area (TPSA) is 70.1 Å². The molecule has 6 nitrogen and oxygen atoms in total. The third kappa shape index (κ3) is 4.49. The highest BCUT2D eigenvalue weighted by molar-refractivity contribution is 6.51. The van der Waals surface area contributed by atoms with Crippen LogP contribution in [0.4, 0.5) is 11.4 Å². The monoisotopic (exact) mass is 490 g/mol. The molecule has 0 aromatic heterocycles. The summed E-state index contributed by atoms with van der Waals surface area (Å²) in [5.74, 6) is -1.36. The van der Waals surface area contributed by atoms with Gasteiger partial charge in [-0.25, -0.2) is 0 Å². The van der Waals surface area contributed by atoms with Crippen molar-refractivity contribution < 1.29 is 19.4 Å². The molecule has 35 heavy (non-hydrogen) atoms. The van der Waals surface area contributed by atoms with Crippen LogP contribution in [0.25, 0.3) is 5.76 Å². The second-order valence-corrected chi connectivity index (χ2v) is 8.55. The van der Waals surface area contributed by atoms with Gasteiger partial charge in [0.15, 0.2) is 0 Å². The van der Waals surface area contributed by atoms with Gasteiger partial charge in [0.1, 0.15) is 11.5 Å². The molecule has 1 fully saturated rings. The molecule has 1 heterocycles. The fraction of sp³-hybridized carbons (Fsp3) is 0.214. The van der Waals surface area contributed by atoms with Gasteiger partial charge in [0, 0.05) is 29.5 Å². The summed E-state index contributed by atoms with van der Waals surface area (Å²) in [7, 11) is 1.49. The SMILES string of the molecule is CCN(CC)c1ccc(C2/C(=C(/O)c3ccccc3OC)C(=O)C(=O)N2c2ccc(Cl)cc2)cc1. The molecule has 1 saturated heterocycles. The predicted molar refractivity (Wildman–Crippen MR) is 139 cm³/mol. The van der Waals surface area contributed by atoms with Crippen LogP contribution in [0.5, 0.6) is 5.75 Å². The molecule has 0 spiro atoms. The zero-order chi connectivity index (χ0) is 25.1. The van der Waals surface area contributed by atoms with E-state index in [1.54, 1.807) is 48.5 Å². The zero-order valence-electron chi connectivity index (χ0n) is 19.9. The van der Waals surface area contributed by atoms with Crippen LogP contribution in [0.1, 0.15) is 31.0 Å². The highest BCUT2D eigenvalue weighted by atomic mass is 35.5. The van der Waals surface area contributed by atoms with E-state index >= 15 is 0 Å². The molecular formula is C28H27ClN2O4. The number of ether oxygens (including phenoxy) is 1. The van der Waals surface area contributed by atoms with E-state index in [0.29, 0.717) is 27.6 Å². The van der Waals surface area contributed by atoms with Crippen LogP contribution in [-0.2, 0) is 9.59 Å². The molecule has 1 N–H and O–H groups in total. The number of rotatable bonds is 7. The summed E-state index contributed by atoms with van der Waals surface area (Å²) < 4.78 is 5.40. The number of ketones is 1. The highest BCUT2D eigenvalue weighted by Gasteiger charge is 2.47. The number of halogens is 1. The minimum absolute atomic E-state index is 0.00467. The molecular weight excluding hydrogens is 464 g/mol. The zero-order valence-corrected chi connectivity index (χ0v) is 20.6. The third-order valence-electron chi connectivity index (χ3n) is 6.25. The van der Waals surface area contributed by atoms with E-state index in [9.17, 15) is 14.7 Å². The maximum Gasteiger partial charge on any atom is 0.300 e. The van der Waals surface area contributed by atoms with Gasteiger partial charge >= 0.3 is 0 Å². The van der Waals surface area contributed by atoms with Gasteiger partial charge < -0.3 is 14.7 Å². The van der Waals surface area contributed by atoms with E-state index in [4.69, 9.17) is 16.3 Å². The van der Waals surface area contributed by atoms with Gasteiger partial charge in [0.05, 0.1) is 24.3 Å². The van der Waals surface area contributed by atoms with Gasteiger partial charge in [-0.05, 0) is 67.9 Å². The maximum absolute atomic E-state index is 13.3. The number of anilines is 2. The fourth-order valence-electron chi connectivity index (χ4n) is 4.46. The summed E-state index contributed by atoms with van der Waals surface area (Å²) in [5.41, 5.74) is 2.59. The molecule has 1 atom stereocenters. The van der Waals surface area contributed by atoms with Crippen LogP contribution >= 0.6 is 11.6 Å². The van der Waals surface area contributed by atoms with Crippen molar-refractivity contribution in [2.75, 3.05) is 30.0 Å². The molecule has 1 amide bonds. The normalized spacial score (nSPS) is 17.0. The first-order valence-electron chi connectivity index (χ1n) is 11.5. The number of hydrogen-bond donors (Lipinski definition) is 1. The fourth-order valence-corrected chi connectivity index (χ4v) is 4.58. The Morgan fingerprint density at radius 2 is 1.60 bits per heavy atom.